The molecule has 3 aliphatic rings. The van der Waals surface area contributed by atoms with Crippen LogP contribution >= 0.6 is 11.6 Å². The maximum Gasteiger partial charge on any atom is 0.226 e. The highest BCUT2D eigenvalue weighted by atomic mass is 35.5. The van der Waals surface area contributed by atoms with E-state index in [4.69, 9.17) is 27.1 Å². The summed E-state index contributed by atoms with van der Waals surface area (Å²) in [5.41, 5.74) is 7.40. The summed E-state index contributed by atoms with van der Waals surface area (Å²) < 4.78 is 36.9. The van der Waals surface area contributed by atoms with Crippen molar-refractivity contribution in [2.24, 2.45) is 0 Å². The number of hydrogen-bond donors (Lipinski definition) is 2. The van der Waals surface area contributed by atoms with Gasteiger partial charge in [0, 0.05) is 41.0 Å². The second-order valence-electron chi connectivity index (χ2n) is 9.35. The number of halogens is 3. The van der Waals surface area contributed by atoms with Crippen molar-refractivity contribution in [3.63, 3.8) is 0 Å². The third-order valence-electron chi connectivity index (χ3n) is 7.34. The molecule has 5 heterocycles. The van der Waals surface area contributed by atoms with E-state index in [2.05, 4.69) is 15.2 Å². The zero-order valence-corrected chi connectivity index (χ0v) is 19.3. The Morgan fingerprint density at radius 3 is 2.76 bits per heavy atom. The van der Waals surface area contributed by atoms with E-state index in [1.54, 1.807) is 0 Å². The van der Waals surface area contributed by atoms with Crippen LogP contribution in [0.4, 0.5) is 20.3 Å². The molecule has 33 heavy (non-hydrogen) atoms. The van der Waals surface area contributed by atoms with E-state index in [1.165, 1.54) is 6.07 Å². The molecule has 3 aromatic rings. The first-order valence-electron chi connectivity index (χ1n) is 11.2. The predicted octanol–water partition coefficient (Wildman–Crippen LogP) is 4.52. The Labute approximate surface area is 195 Å². The van der Waals surface area contributed by atoms with E-state index in [-0.39, 0.29) is 46.0 Å². The van der Waals surface area contributed by atoms with Gasteiger partial charge in [0.05, 0.1) is 16.5 Å². The van der Waals surface area contributed by atoms with E-state index in [9.17, 15) is 4.39 Å². The number of nitrogens with zero attached hydrogens (tertiary/aromatic N) is 3. The second kappa shape index (κ2) is 7.14. The fraction of sp³-hybridized carbons (Fsp3) is 0.417. The van der Waals surface area contributed by atoms with Crippen LogP contribution in [-0.4, -0.2) is 40.7 Å². The molecule has 0 amide bonds. The summed E-state index contributed by atoms with van der Waals surface area (Å²) in [4.78, 5) is 11.7. The summed E-state index contributed by atoms with van der Waals surface area (Å²) in [6.07, 6.45) is 1.92. The summed E-state index contributed by atoms with van der Waals surface area (Å²) in [6.45, 7) is 6.48. The van der Waals surface area contributed by atoms with Crippen molar-refractivity contribution < 1.29 is 13.5 Å². The molecule has 2 bridgehead atoms. The number of fused-ring (bicyclic) bond motifs is 5. The first-order valence-corrected chi connectivity index (χ1v) is 11.6. The van der Waals surface area contributed by atoms with Gasteiger partial charge < -0.3 is 20.7 Å². The van der Waals surface area contributed by atoms with Crippen molar-refractivity contribution in [1.29, 1.82) is 0 Å². The Balaban J connectivity index is 1.68. The highest BCUT2D eigenvalue weighted by Gasteiger charge is 2.46. The lowest BCUT2D eigenvalue weighted by Crippen LogP contribution is -2.62. The van der Waals surface area contributed by atoms with Gasteiger partial charge in [0.1, 0.15) is 23.4 Å². The van der Waals surface area contributed by atoms with Crippen LogP contribution in [0, 0.1) is 25.5 Å². The SMILES string of the molecule is Cc1nc2c3c(nc(-c4cc(N)cc(F)c4Cl)c(F)c3c1C)O[C@@H](C)[C@@H]1[C@@H]3CC[C@H](CN21)N3. The van der Waals surface area contributed by atoms with Crippen LogP contribution in [0.2, 0.25) is 5.02 Å². The average molecular weight is 472 g/mol. The summed E-state index contributed by atoms with van der Waals surface area (Å²) >= 11 is 6.23. The van der Waals surface area contributed by atoms with Crippen LogP contribution in [0.25, 0.3) is 22.0 Å². The van der Waals surface area contributed by atoms with Gasteiger partial charge in [-0.3, -0.25) is 0 Å². The van der Waals surface area contributed by atoms with Gasteiger partial charge in [0.2, 0.25) is 5.88 Å². The fourth-order valence-corrected chi connectivity index (χ4v) is 5.93. The number of benzene rings is 1. The Kier molecular flexibility index (Phi) is 4.52. The Hall–Kier alpha value is -2.71. The molecule has 2 aromatic heterocycles. The lowest BCUT2D eigenvalue weighted by molar-refractivity contribution is 0.155. The van der Waals surface area contributed by atoms with Crippen molar-refractivity contribution in [3.8, 4) is 17.1 Å². The largest absolute Gasteiger partial charge is 0.472 e. The van der Waals surface area contributed by atoms with E-state index >= 15 is 4.39 Å². The van der Waals surface area contributed by atoms with E-state index in [0.29, 0.717) is 28.2 Å². The minimum Gasteiger partial charge on any atom is -0.472 e. The number of rotatable bonds is 1. The topological polar surface area (TPSA) is 76.3 Å². The first kappa shape index (κ1) is 20.9. The third kappa shape index (κ3) is 2.93. The quantitative estimate of drug-likeness (QED) is 0.508. The Bertz CT molecular complexity index is 1330. The minimum absolute atomic E-state index is 0.0377. The number of hydrogen-bond acceptors (Lipinski definition) is 6. The van der Waals surface area contributed by atoms with Crippen LogP contribution in [-0.2, 0) is 0 Å². The molecule has 1 aromatic carbocycles. The Morgan fingerprint density at radius 1 is 1.18 bits per heavy atom. The van der Waals surface area contributed by atoms with Crippen molar-refractivity contribution in [2.45, 2.75) is 57.8 Å². The van der Waals surface area contributed by atoms with Gasteiger partial charge in [-0.25, -0.2) is 18.7 Å². The maximum absolute atomic E-state index is 16.2. The summed E-state index contributed by atoms with van der Waals surface area (Å²) in [5.74, 6) is -0.337. The van der Waals surface area contributed by atoms with Crippen LogP contribution in [0.5, 0.6) is 5.88 Å². The first-order chi connectivity index (χ1) is 15.7. The monoisotopic (exact) mass is 471 g/mol. The van der Waals surface area contributed by atoms with Gasteiger partial charge in [0.15, 0.2) is 5.82 Å². The van der Waals surface area contributed by atoms with E-state index in [1.807, 2.05) is 20.8 Å². The van der Waals surface area contributed by atoms with Gasteiger partial charge >= 0.3 is 0 Å². The molecule has 6 rings (SSSR count). The molecule has 0 saturated carbocycles. The number of anilines is 2. The number of nitrogen functional groups attached to an aromatic ring is 1. The average Bonchev–Trinajstić information content (AvgIpc) is 3.09. The van der Waals surface area contributed by atoms with Gasteiger partial charge in [-0.2, -0.15) is 0 Å². The van der Waals surface area contributed by atoms with Crippen molar-refractivity contribution in [1.82, 2.24) is 15.3 Å². The molecule has 0 spiro atoms. The van der Waals surface area contributed by atoms with Crippen LogP contribution in [0.15, 0.2) is 12.1 Å². The molecule has 0 unspecified atom stereocenters. The zero-order valence-electron chi connectivity index (χ0n) is 18.5. The lowest BCUT2D eigenvalue weighted by atomic mass is 9.98. The third-order valence-corrected chi connectivity index (χ3v) is 7.72. The highest BCUT2D eigenvalue weighted by molar-refractivity contribution is 6.33. The Morgan fingerprint density at radius 2 is 1.97 bits per heavy atom. The summed E-state index contributed by atoms with van der Waals surface area (Å²) in [5, 5.41) is 4.38. The fourth-order valence-electron chi connectivity index (χ4n) is 5.73. The molecule has 0 aliphatic carbocycles. The van der Waals surface area contributed by atoms with E-state index in [0.717, 1.165) is 31.1 Å². The molecule has 3 N–H and O–H groups in total. The van der Waals surface area contributed by atoms with Crippen LogP contribution in [0.3, 0.4) is 0 Å². The van der Waals surface area contributed by atoms with Crippen molar-refractivity contribution in [3.05, 3.63) is 40.0 Å². The van der Waals surface area contributed by atoms with Gasteiger partial charge in [-0.05, 0) is 51.3 Å². The number of aryl methyl sites for hydroxylation is 2. The molecule has 6 nitrogen and oxygen atoms in total. The smallest absolute Gasteiger partial charge is 0.226 e. The molecule has 2 saturated heterocycles. The molecular weight excluding hydrogens is 448 g/mol. The van der Waals surface area contributed by atoms with Crippen LogP contribution in [0.1, 0.15) is 31.0 Å². The number of nitrogens with one attached hydrogen (secondary N) is 1. The maximum atomic E-state index is 16.2. The lowest BCUT2D eigenvalue weighted by Gasteiger charge is -2.43. The number of piperazine rings is 1. The molecular formula is C24H24ClF2N5O. The predicted molar refractivity (Wildman–Crippen MR) is 125 cm³/mol. The minimum atomic E-state index is -0.726. The normalized spacial score (nSPS) is 25.7. The summed E-state index contributed by atoms with van der Waals surface area (Å²) in [7, 11) is 0. The second-order valence-corrected chi connectivity index (χ2v) is 9.73. The van der Waals surface area contributed by atoms with Gasteiger partial charge in [-0.1, -0.05) is 11.6 Å². The molecule has 9 heteroatoms. The number of nitrogens with two attached hydrogens (primary N) is 1. The molecule has 0 radical (unpaired) electrons. The highest BCUT2D eigenvalue weighted by Crippen LogP contribution is 2.46. The number of pyridine rings is 2. The number of ether oxygens (including phenoxy) is 1. The molecule has 2 fully saturated rings. The standard InChI is InChI=1S/C24H24ClF2N5O/c1-9-10(2)29-23-18-17(9)20(27)21(14-6-12(28)7-15(26)19(14)25)31-24(18)33-11(3)22-16-5-4-13(30-16)8-32(22)23/h6-7,11,13,16,22,30H,4-5,8,28H2,1-3H3/t11-,13+,16-,22+/m0/s1. The van der Waals surface area contributed by atoms with Gasteiger partial charge in [-0.15, -0.1) is 0 Å². The van der Waals surface area contributed by atoms with Gasteiger partial charge in [0.25, 0.3) is 0 Å². The zero-order chi connectivity index (χ0) is 23.2. The number of aromatic nitrogens is 2. The molecule has 4 atom stereocenters. The van der Waals surface area contributed by atoms with Crippen molar-refractivity contribution >= 4 is 33.9 Å². The van der Waals surface area contributed by atoms with Crippen LogP contribution < -0.4 is 20.7 Å². The van der Waals surface area contributed by atoms with E-state index < -0.39 is 11.6 Å². The summed E-state index contributed by atoms with van der Waals surface area (Å²) in [6, 6.07) is 3.20. The molecule has 3 aliphatic heterocycles. The molecule has 172 valence electrons. The van der Waals surface area contributed by atoms with Crippen molar-refractivity contribution in [2.75, 3.05) is 17.2 Å².